The van der Waals surface area contributed by atoms with E-state index in [0.29, 0.717) is 24.4 Å². The molecule has 0 radical (unpaired) electrons. The van der Waals surface area contributed by atoms with Gasteiger partial charge in [0.1, 0.15) is 5.75 Å². The van der Waals surface area contributed by atoms with E-state index in [4.69, 9.17) is 0 Å². The molecule has 5 heteroatoms. The number of nitrogens with one attached hydrogen (secondary N) is 1. The topological polar surface area (TPSA) is 69.6 Å². The monoisotopic (exact) mass is 374 g/mol. The van der Waals surface area contributed by atoms with Crippen LogP contribution in [-0.2, 0) is 11.2 Å². The predicted molar refractivity (Wildman–Crippen MR) is 109 cm³/mol. The Kier molecular flexibility index (Phi) is 4.74. The zero-order valence-corrected chi connectivity index (χ0v) is 15.7. The SMILES string of the molecule is CCc1cc(-c2ccc3cc(C(=O)N4CCNC(=O)C4)ccc3c2)ccc1O. The highest BCUT2D eigenvalue weighted by Crippen LogP contribution is 2.29. The van der Waals surface area contributed by atoms with Gasteiger partial charge in [0.15, 0.2) is 0 Å². The van der Waals surface area contributed by atoms with Gasteiger partial charge in [0.2, 0.25) is 5.91 Å². The van der Waals surface area contributed by atoms with Crippen molar-refractivity contribution in [2.45, 2.75) is 13.3 Å². The van der Waals surface area contributed by atoms with E-state index >= 15 is 0 Å². The largest absolute Gasteiger partial charge is 0.508 e. The van der Waals surface area contributed by atoms with Crippen LogP contribution in [0, 0.1) is 0 Å². The summed E-state index contributed by atoms with van der Waals surface area (Å²) in [6, 6.07) is 17.4. The summed E-state index contributed by atoms with van der Waals surface area (Å²) in [6.07, 6.45) is 0.771. The summed E-state index contributed by atoms with van der Waals surface area (Å²) in [7, 11) is 0. The lowest BCUT2D eigenvalue weighted by Crippen LogP contribution is -2.49. The molecular formula is C23H22N2O3. The van der Waals surface area contributed by atoms with Crippen LogP contribution in [0.3, 0.4) is 0 Å². The number of nitrogens with zero attached hydrogens (tertiary/aromatic N) is 1. The molecule has 1 fully saturated rings. The molecule has 2 amide bonds. The molecule has 0 saturated carbocycles. The second-order valence-corrected chi connectivity index (χ2v) is 7.05. The molecule has 0 atom stereocenters. The number of benzene rings is 3. The highest BCUT2D eigenvalue weighted by molar-refractivity contribution is 6.01. The first kappa shape index (κ1) is 18.0. The smallest absolute Gasteiger partial charge is 0.254 e. The summed E-state index contributed by atoms with van der Waals surface area (Å²) in [6.45, 7) is 3.15. The molecule has 3 aromatic carbocycles. The first-order valence-corrected chi connectivity index (χ1v) is 9.47. The standard InChI is InChI=1S/C23H22N2O3/c1-2-15-11-19(7-8-21(15)26)16-3-4-18-13-20(6-5-17(18)12-16)23(28)25-10-9-24-22(27)14-25/h3-8,11-13,26H,2,9-10,14H2,1H3,(H,24,27). The molecule has 28 heavy (non-hydrogen) atoms. The van der Waals surface area contributed by atoms with Crippen LogP contribution in [-0.4, -0.2) is 41.5 Å². The quantitative estimate of drug-likeness (QED) is 0.739. The number of rotatable bonds is 3. The summed E-state index contributed by atoms with van der Waals surface area (Å²) in [5.41, 5.74) is 3.63. The number of fused-ring (bicyclic) bond motifs is 1. The molecule has 0 bridgehead atoms. The van der Waals surface area contributed by atoms with Gasteiger partial charge in [-0.25, -0.2) is 0 Å². The zero-order valence-electron chi connectivity index (χ0n) is 15.7. The predicted octanol–water partition coefficient (Wildman–Crippen LogP) is 3.35. The van der Waals surface area contributed by atoms with Gasteiger partial charge in [-0.3, -0.25) is 9.59 Å². The molecule has 1 aliphatic heterocycles. The van der Waals surface area contributed by atoms with Crippen molar-refractivity contribution in [3.63, 3.8) is 0 Å². The number of hydrogen-bond donors (Lipinski definition) is 2. The molecule has 3 aromatic rings. The van der Waals surface area contributed by atoms with Crippen molar-refractivity contribution in [1.29, 1.82) is 0 Å². The fourth-order valence-corrected chi connectivity index (χ4v) is 3.60. The average molecular weight is 374 g/mol. The Bertz CT molecular complexity index is 1070. The lowest BCUT2D eigenvalue weighted by atomic mass is 9.97. The van der Waals surface area contributed by atoms with Crippen molar-refractivity contribution in [3.8, 4) is 16.9 Å². The Labute approximate surface area is 163 Å². The van der Waals surface area contributed by atoms with E-state index in [9.17, 15) is 14.7 Å². The molecule has 142 valence electrons. The molecule has 1 aliphatic rings. The number of phenolic OH excluding ortho intramolecular Hbond substituents is 1. The van der Waals surface area contributed by atoms with Crippen molar-refractivity contribution in [3.05, 3.63) is 65.7 Å². The Morgan fingerprint density at radius 1 is 1.04 bits per heavy atom. The van der Waals surface area contributed by atoms with Gasteiger partial charge < -0.3 is 15.3 Å². The van der Waals surface area contributed by atoms with E-state index < -0.39 is 0 Å². The lowest BCUT2D eigenvalue weighted by Gasteiger charge is -2.26. The number of carbonyl (C=O) groups is 2. The van der Waals surface area contributed by atoms with Gasteiger partial charge in [0.05, 0.1) is 6.54 Å². The lowest BCUT2D eigenvalue weighted by molar-refractivity contribution is -0.123. The van der Waals surface area contributed by atoms with Crippen molar-refractivity contribution in [1.82, 2.24) is 10.2 Å². The minimum atomic E-state index is -0.120. The van der Waals surface area contributed by atoms with E-state index in [2.05, 4.69) is 11.4 Å². The van der Waals surface area contributed by atoms with Crippen LogP contribution in [0.4, 0.5) is 0 Å². The van der Waals surface area contributed by atoms with Gasteiger partial charge in [-0.05, 0) is 64.2 Å². The Morgan fingerprint density at radius 2 is 1.75 bits per heavy atom. The minimum Gasteiger partial charge on any atom is -0.508 e. The third-order valence-electron chi connectivity index (χ3n) is 5.21. The molecule has 1 saturated heterocycles. The summed E-state index contributed by atoms with van der Waals surface area (Å²) in [4.78, 5) is 25.8. The zero-order chi connectivity index (χ0) is 19.7. The second kappa shape index (κ2) is 7.35. The van der Waals surface area contributed by atoms with Crippen LogP contribution in [0.15, 0.2) is 54.6 Å². The fraction of sp³-hybridized carbons (Fsp3) is 0.217. The van der Waals surface area contributed by atoms with Crippen LogP contribution in [0.5, 0.6) is 5.75 Å². The number of aryl methyl sites for hydroxylation is 1. The number of aromatic hydroxyl groups is 1. The third-order valence-corrected chi connectivity index (χ3v) is 5.21. The molecule has 4 rings (SSSR count). The number of phenols is 1. The van der Waals surface area contributed by atoms with E-state index in [1.165, 1.54) is 0 Å². The molecule has 0 aromatic heterocycles. The highest BCUT2D eigenvalue weighted by atomic mass is 16.3. The maximum Gasteiger partial charge on any atom is 0.254 e. The summed E-state index contributed by atoms with van der Waals surface area (Å²) in [5, 5.41) is 14.6. The summed E-state index contributed by atoms with van der Waals surface area (Å²) in [5.74, 6) is 0.0823. The van der Waals surface area contributed by atoms with Gasteiger partial charge in [0.25, 0.3) is 5.91 Å². The van der Waals surface area contributed by atoms with Crippen LogP contribution >= 0.6 is 0 Å². The van der Waals surface area contributed by atoms with Crippen LogP contribution in [0.1, 0.15) is 22.8 Å². The minimum absolute atomic E-state index is 0.108. The number of hydrogen-bond acceptors (Lipinski definition) is 3. The first-order valence-electron chi connectivity index (χ1n) is 9.47. The van der Waals surface area contributed by atoms with Crippen molar-refractivity contribution in [2.24, 2.45) is 0 Å². The number of amides is 2. The average Bonchev–Trinajstić information content (AvgIpc) is 2.73. The normalized spacial score (nSPS) is 14.2. The molecule has 5 nitrogen and oxygen atoms in total. The fourth-order valence-electron chi connectivity index (χ4n) is 3.60. The van der Waals surface area contributed by atoms with Crippen LogP contribution in [0.25, 0.3) is 21.9 Å². The second-order valence-electron chi connectivity index (χ2n) is 7.05. The van der Waals surface area contributed by atoms with E-state index in [1.807, 2.05) is 49.4 Å². The Morgan fingerprint density at radius 3 is 2.54 bits per heavy atom. The third kappa shape index (κ3) is 3.43. The van der Waals surface area contributed by atoms with Crippen molar-refractivity contribution < 1.29 is 14.7 Å². The Balaban J connectivity index is 1.64. The maximum absolute atomic E-state index is 12.7. The van der Waals surface area contributed by atoms with E-state index in [-0.39, 0.29) is 18.4 Å². The number of carbonyl (C=O) groups excluding carboxylic acids is 2. The highest BCUT2D eigenvalue weighted by Gasteiger charge is 2.22. The van der Waals surface area contributed by atoms with Gasteiger partial charge in [-0.2, -0.15) is 0 Å². The van der Waals surface area contributed by atoms with Gasteiger partial charge in [-0.1, -0.05) is 31.2 Å². The van der Waals surface area contributed by atoms with Gasteiger partial charge in [-0.15, -0.1) is 0 Å². The molecule has 2 N–H and O–H groups in total. The van der Waals surface area contributed by atoms with Crippen LogP contribution < -0.4 is 5.32 Å². The molecule has 1 heterocycles. The van der Waals surface area contributed by atoms with Gasteiger partial charge in [0, 0.05) is 18.7 Å². The maximum atomic E-state index is 12.7. The van der Waals surface area contributed by atoms with Crippen LogP contribution in [0.2, 0.25) is 0 Å². The van der Waals surface area contributed by atoms with Gasteiger partial charge >= 0.3 is 0 Å². The van der Waals surface area contributed by atoms with E-state index in [1.54, 1.807) is 11.0 Å². The van der Waals surface area contributed by atoms with E-state index in [0.717, 1.165) is 33.9 Å². The summed E-state index contributed by atoms with van der Waals surface area (Å²) >= 11 is 0. The molecule has 0 unspecified atom stereocenters. The molecular weight excluding hydrogens is 352 g/mol. The summed E-state index contributed by atoms with van der Waals surface area (Å²) < 4.78 is 0. The first-order chi connectivity index (χ1) is 13.5. The molecule has 0 aliphatic carbocycles. The Hall–Kier alpha value is -3.34. The van der Waals surface area contributed by atoms with Crippen molar-refractivity contribution in [2.75, 3.05) is 19.6 Å². The number of piperazine rings is 1. The molecule has 0 spiro atoms. The van der Waals surface area contributed by atoms with Crippen molar-refractivity contribution >= 4 is 22.6 Å².